The van der Waals surface area contributed by atoms with Crippen molar-refractivity contribution in [2.75, 3.05) is 0 Å². The zero-order chi connectivity index (χ0) is 16.5. The molecule has 0 bridgehead atoms. The van der Waals surface area contributed by atoms with Crippen LogP contribution in [0.5, 0.6) is 11.5 Å². The fourth-order valence-corrected chi connectivity index (χ4v) is 2.36. The van der Waals surface area contributed by atoms with Gasteiger partial charge in [0, 0.05) is 5.54 Å². The van der Waals surface area contributed by atoms with Gasteiger partial charge >= 0.3 is 5.97 Å². The van der Waals surface area contributed by atoms with Crippen LogP contribution in [-0.4, -0.2) is 16.6 Å². The molecule has 0 amide bonds. The van der Waals surface area contributed by atoms with E-state index in [1.165, 1.54) is 12.1 Å². The van der Waals surface area contributed by atoms with Crippen molar-refractivity contribution < 1.29 is 14.6 Å². The van der Waals surface area contributed by atoms with Gasteiger partial charge in [-0.1, -0.05) is 20.8 Å². The molecule has 0 aliphatic rings. The molecule has 0 aliphatic heterocycles. The molecule has 21 heavy (non-hydrogen) atoms. The smallest absolute Gasteiger partial charge is 0.319 e. The molecule has 0 heterocycles. The largest absolute Gasteiger partial charge is 0.508 e. The Balaban J connectivity index is 3.04. The molecule has 0 saturated heterocycles. The molecule has 3 N–H and O–H groups in total. The van der Waals surface area contributed by atoms with E-state index >= 15 is 0 Å². The summed E-state index contributed by atoms with van der Waals surface area (Å²) in [6.45, 7) is 11.8. The Kier molecular flexibility index (Phi) is 4.73. The van der Waals surface area contributed by atoms with Crippen LogP contribution in [0.1, 0.15) is 48.0 Å². The Morgan fingerprint density at radius 3 is 1.95 bits per heavy atom. The SMILES string of the molecule is CC(C)(C)CC(C)(C(=O)Oc1ccc(O)cc1)C(C)(C)N. The van der Waals surface area contributed by atoms with Crippen molar-refractivity contribution in [2.45, 2.75) is 53.5 Å². The van der Waals surface area contributed by atoms with Gasteiger partial charge in [-0.05, 0) is 56.9 Å². The average Bonchev–Trinajstić information content (AvgIpc) is 2.28. The molecule has 0 radical (unpaired) electrons. The Bertz CT molecular complexity index is 494. The predicted molar refractivity (Wildman–Crippen MR) is 84.2 cm³/mol. The fraction of sp³-hybridized carbons (Fsp3) is 0.588. The van der Waals surface area contributed by atoms with Gasteiger partial charge in [-0.2, -0.15) is 0 Å². The molecule has 0 saturated carbocycles. The van der Waals surface area contributed by atoms with Gasteiger partial charge in [-0.15, -0.1) is 0 Å². The van der Waals surface area contributed by atoms with Crippen molar-refractivity contribution in [3.8, 4) is 11.5 Å². The third kappa shape index (κ3) is 4.46. The highest BCUT2D eigenvalue weighted by atomic mass is 16.5. The minimum Gasteiger partial charge on any atom is -0.508 e. The molecule has 118 valence electrons. The van der Waals surface area contributed by atoms with E-state index in [0.717, 1.165) is 0 Å². The maximum atomic E-state index is 12.7. The first kappa shape index (κ1) is 17.5. The number of carbonyl (C=O) groups is 1. The third-order valence-electron chi connectivity index (χ3n) is 3.80. The van der Waals surface area contributed by atoms with Crippen LogP contribution < -0.4 is 10.5 Å². The Morgan fingerprint density at radius 1 is 1.10 bits per heavy atom. The third-order valence-corrected chi connectivity index (χ3v) is 3.80. The van der Waals surface area contributed by atoms with Gasteiger partial charge in [0.05, 0.1) is 5.41 Å². The summed E-state index contributed by atoms with van der Waals surface area (Å²) in [5.74, 6) is 0.184. The van der Waals surface area contributed by atoms with E-state index in [1.54, 1.807) is 12.1 Å². The summed E-state index contributed by atoms with van der Waals surface area (Å²) in [7, 11) is 0. The number of phenols is 1. The first-order valence-electron chi connectivity index (χ1n) is 7.15. The van der Waals surface area contributed by atoms with Crippen molar-refractivity contribution in [3.05, 3.63) is 24.3 Å². The summed E-state index contributed by atoms with van der Waals surface area (Å²) in [6, 6.07) is 6.09. The van der Waals surface area contributed by atoms with Crippen molar-refractivity contribution >= 4 is 5.97 Å². The number of rotatable bonds is 4. The second-order valence-electron chi connectivity index (χ2n) is 7.67. The van der Waals surface area contributed by atoms with E-state index in [1.807, 2.05) is 20.8 Å². The van der Waals surface area contributed by atoms with Crippen LogP contribution in [0.3, 0.4) is 0 Å². The number of benzene rings is 1. The van der Waals surface area contributed by atoms with Gasteiger partial charge in [0.2, 0.25) is 0 Å². The summed E-state index contributed by atoms with van der Waals surface area (Å²) < 4.78 is 5.48. The van der Waals surface area contributed by atoms with Gasteiger partial charge < -0.3 is 15.6 Å². The lowest BCUT2D eigenvalue weighted by molar-refractivity contribution is -0.150. The zero-order valence-electron chi connectivity index (χ0n) is 13.9. The topological polar surface area (TPSA) is 72.5 Å². The van der Waals surface area contributed by atoms with Crippen LogP contribution in [0.2, 0.25) is 0 Å². The number of nitrogens with two attached hydrogens (primary N) is 1. The highest BCUT2D eigenvalue weighted by molar-refractivity contribution is 5.80. The van der Waals surface area contributed by atoms with E-state index in [0.29, 0.717) is 12.2 Å². The minimum absolute atomic E-state index is 0.0562. The summed E-state index contributed by atoms with van der Waals surface area (Å²) in [5.41, 5.74) is 4.67. The lowest BCUT2D eigenvalue weighted by atomic mass is 9.65. The molecule has 4 nitrogen and oxygen atoms in total. The van der Waals surface area contributed by atoms with Crippen LogP contribution in [0.25, 0.3) is 0 Å². The first-order chi connectivity index (χ1) is 9.35. The molecule has 1 atom stereocenters. The standard InChI is InChI=1S/C17H27NO3/c1-15(2,3)11-17(6,16(4,5)18)14(20)21-13-9-7-12(19)8-10-13/h7-10,19H,11,18H2,1-6H3. The normalized spacial score (nSPS) is 15.4. The molecular formula is C17H27NO3. The summed E-state index contributed by atoms with van der Waals surface area (Å²) in [6.07, 6.45) is 0.612. The van der Waals surface area contributed by atoms with Gasteiger partial charge in [0.25, 0.3) is 0 Å². The van der Waals surface area contributed by atoms with Crippen LogP contribution in [-0.2, 0) is 4.79 Å². The van der Waals surface area contributed by atoms with Crippen LogP contribution >= 0.6 is 0 Å². The van der Waals surface area contributed by atoms with Crippen molar-refractivity contribution in [1.82, 2.24) is 0 Å². The van der Waals surface area contributed by atoms with Gasteiger partial charge in [-0.3, -0.25) is 4.79 Å². The Labute approximate surface area is 127 Å². The van der Waals surface area contributed by atoms with E-state index in [2.05, 4.69) is 20.8 Å². The second kappa shape index (κ2) is 5.68. The summed E-state index contributed by atoms with van der Waals surface area (Å²) in [5, 5.41) is 9.27. The number of aromatic hydroxyl groups is 1. The highest BCUT2D eigenvalue weighted by Crippen LogP contribution is 2.41. The maximum absolute atomic E-state index is 12.7. The number of ether oxygens (including phenoxy) is 1. The summed E-state index contributed by atoms with van der Waals surface area (Å²) in [4.78, 5) is 12.7. The molecule has 1 aromatic carbocycles. The zero-order valence-corrected chi connectivity index (χ0v) is 13.9. The molecule has 4 heteroatoms. The number of esters is 1. The number of hydrogen-bond donors (Lipinski definition) is 2. The van der Waals surface area contributed by atoms with E-state index in [9.17, 15) is 9.90 Å². The molecule has 1 aromatic rings. The Morgan fingerprint density at radius 2 is 1.57 bits per heavy atom. The van der Waals surface area contributed by atoms with Crippen molar-refractivity contribution in [3.63, 3.8) is 0 Å². The number of carbonyl (C=O) groups excluding carboxylic acids is 1. The second-order valence-corrected chi connectivity index (χ2v) is 7.67. The lowest BCUT2D eigenvalue weighted by Crippen LogP contribution is -2.56. The van der Waals surface area contributed by atoms with Gasteiger partial charge in [0.1, 0.15) is 11.5 Å². The maximum Gasteiger partial charge on any atom is 0.319 e. The monoisotopic (exact) mass is 293 g/mol. The quantitative estimate of drug-likeness (QED) is 0.658. The molecule has 0 fully saturated rings. The van der Waals surface area contributed by atoms with Gasteiger partial charge in [-0.25, -0.2) is 0 Å². The van der Waals surface area contributed by atoms with Gasteiger partial charge in [0.15, 0.2) is 0 Å². The predicted octanol–water partition coefficient (Wildman–Crippen LogP) is 3.48. The molecule has 0 aromatic heterocycles. The van der Waals surface area contributed by atoms with Crippen molar-refractivity contribution in [2.24, 2.45) is 16.6 Å². The van der Waals surface area contributed by atoms with Crippen LogP contribution in [0.15, 0.2) is 24.3 Å². The number of hydrogen-bond acceptors (Lipinski definition) is 4. The number of phenolic OH excluding ortho intramolecular Hbond substituents is 1. The van der Waals surface area contributed by atoms with Crippen LogP contribution in [0.4, 0.5) is 0 Å². The average molecular weight is 293 g/mol. The highest BCUT2D eigenvalue weighted by Gasteiger charge is 2.48. The van der Waals surface area contributed by atoms with Crippen LogP contribution in [0, 0.1) is 10.8 Å². The molecule has 1 unspecified atom stereocenters. The Hall–Kier alpha value is -1.55. The fourth-order valence-electron chi connectivity index (χ4n) is 2.36. The molecular weight excluding hydrogens is 266 g/mol. The molecule has 0 aliphatic carbocycles. The van der Waals surface area contributed by atoms with Crippen molar-refractivity contribution in [1.29, 1.82) is 0 Å². The van der Waals surface area contributed by atoms with E-state index < -0.39 is 11.0 Å². The first-order valence-corrected chi connectivity index (χ1v) is 7.15. The molecule has 0 spiro atoms. The lowest BCUT2D eigenvalue weighted by Gasteiger charge is -2.42. The summed E-state index contributed by atoms with van der Waals surface area (Å²) >= 11 is 0. The minimum atomic E-state index is -0.816. The van der Waals surface area contributed by atoms with E-state index in [-0.39, 0.29) is 17.1 Å². The van der Waals surface area contributed by atoms with E-state index in [4.69, 9.17) is 10.5 Å². The molecule has 1 rings (SSSR count).